The van der Waals surface area contributed by atoms with Crippen LogP contribution in [0.25, 0.3) is 0 Å². The maximum atomic E-state index is 11.7. The van der Waals surface area contributed by atoms with Crippen molar-refractivity contribution < 1.29 is 4.79 Å². The van der Waals surface area contributed by atoms with E-state index in [1.807, 2.05) is 7.05 Å². The highest BCUT2D eigenvalue weighted by Gasteiger charge is 2.23. The van der Waals surface area contributed by atoms with E-state index in [0.717, 1.165) is 38.0 Å². The lowest BCUT2D eigenvalue weighted by Crippen LogP contribution is -2.43. The van der Waals surface area contributed by atoms with E-state index in [4.69, 9.17) is 0 Å². The third kappa shape index (κ3) is 4.64. The number of piperidine rings is 1. The second-order valence-electron chi connectivity index (χ2n) is 5.52. The monoisotopic (exact) mass is 239 g/mol. The standard InChI is InChI=1S/C13H25N3O/c1-14-8-12-4-6-16(7-5-12)10-13(17)15-9-11-2-3-11/h11-12,14H,2-10H2,1H3,(H,15,17). The Kier molecular flexibility index (Phi) is 4.80. The molecule has 2 aliphatic rings. The number of carbonyl (C=O) groups excluding carboxylic acids is 1. The first-order valence-corrected chi connectivity index (χ1v) is 6.91. The lowest BCUT2D eigenvalue weighted by Gasteiger charge is -2.31. The molecule has 1 saturated heterocycles. The normalized spacial score (nSPS) is 22.6. The first-order valence-electron chi connectivity index (χ1n) is 6.91. The number of nitrogens with one attached hydrogen (secondary N) is 2. The number of rotatable bonds is 6. The van der Waals surface area contributed by atoms with Crippen LogP contribution in [-0.4, -0.2) is 50.6 Å². The molecule has 0 aromatic heterocycles. The van der Waals surface area contributed by atoms with Gasteiger partial charge in [-0.15, -0.1) is 0 Å². The van der Waals surface area contributed by atoms with Crippen molar-refractivity contribution in [1.29, 1.82) is 0 Å². The Morgan fingerprint density at radius 3 is 2.35 bits per heavy atom. The van der Waals surface area contributed by atoms with E-state index in [2.05, 4.69) is 15.5 Å². The van der Waals surface area contributed by atoms with Crippen LogP contribution in [0.3, 0.4) is 0 Å². The summed E-state index contributed by atoms with van der Waals surface area (Å²) in [6.45, 7) is 4.75. The molecule has 1 amide bonds. The van der Waals surface area contributed by atoms with E-state index in [-0.39, 0.29) is 5.91 Å². The van der Waals surface area contributed by atoms with Gasteiger partial charge in [-0.05, 0) is 64.2 Å². The van der Waals surface area contributed by atoms with E-state index < -0.39 is 0 Å². The highest BCUT2D eigenvalue weighted by atomic mass is 16.2. The maximum absolute atomic E-state index is 11.7. The van der Waals surface area contributed by atoms with Crippen LogP contribution in [0.5, 0.6) is 0 Å². The molecule has 0 aromatic rings. The zero-order valence-corrected chi connectivity index (χ0v) is 10.9. The molecule has 1 aliphatic heterocycles. The largest absolute Gasteiger partial charge is 0.355 e. The van der Waals surface area contributed by atoms with Crippen molar-refractivity contribution in [1.82, 2.24) is 15.5 Å². The van der Waals surface area contributed by atoms with Gasteiger partial charge < -0.3 is 10.6 Å². The Morgan fingerprint density at radius 1 is 1.12 bits per heavy atom. The SMILES string of the molecule is CNCC1CCN(CC(=O)NCC2CC2)CC1. The van der Waals surface area contributed by atoms with Crippen LogP contribution in [0.15, 0.2) is 0 Å². The van der Waals surface area contributed by atoms with E-state index in [0.29, 0.717) is 6.54 Å². The summed E-state index contributed by atoms with van der Waals surface area (Å²) in [5.74, 6) is 1.79. The molecule has 98 valence electrons. The summed E-state index contributed by atoms with van der Waals surface area (Å²) in [6.07, 6.45) is 5.04. The van der Waals surface area contributed by atoms with Gasteiger partial charge in [0.15, 0.2) is 0 Å². The molecule has 0 spiro atoms. The van der Waals surface area contributed by atoms with Crippen molar-refractivity contribution in [2.24, 2.45) is 11.8 Å². The van der Waals surface area contributed by atoms with Crippen LogP contribution in [0.1, 0.15) is 25.7 Å². The van der Waals surface area contributed by atoms with Gasteiger partial charge in [-0.1, -0.05) is 0 Å². The van der Waals surface area contributed by atoms with Gasteiger partial charge in [-0.2, -0.15) is 0 Å². The van der Waals surface area contributed by atoms with E-state index in [1.165, 1.54) is 25.7 Å². The lowest BCUT2D eigenvalue weighted by atomic mass is 9.97. The Bertz CT molecular complexity index is 245. The molecule has 2 fully saturated rings. The molecule has 1 heterocycles. The van der Waals surface area contributed by atoms with Gasteiger partial charge in [0.2, 0.25) is 5.91 Å². The Morgan fingerprint density at radius 2 is 1.76 bits per heavy atom. The minimum absolute atomic E-state index is 0.212. The second-order valence-corrected chi connectivity index (χ2v) is 5.52. The third-order valence-corrected chi connectivity index (χ3v) is 3.85. The first kappa shape index (κ1) is 12.8. The average molecular weight is 239 g/mol. The van der Waals surface area contributed by atoms with Gasteiger partial charge in [0.1, 0.15) is 0 Å². The van der Waals surface area contributed by atoms with Gasteiger partial charge in [0.05, 0.1) is 6.54 Å². The Labute approximate surface area is 104 Å². The molecule has 2 N–H and O–H groups in total. The van der Waals surface area contributed by atoms with Crippen molar-refractivity contribution in [3.8, 4) is 0 Å². The van der Waals surface area contributed by atoms with Gasteiger partial charge >= 0.3 is 0 Å². The Hall–Kier alpha value is -0.610. The van der Waals surface area contributed by atoms with Crippen molar-refractivity contribution >= 4 is 5.91 Å². The van der Waals surface area contributed by atoms with E-state index >= 15 is 0 Å². The predicted octanol–water partition coefficient (Wildman–Crippen LogP) is 0.444. The molecule has 0 unspecified atom stereocenters. The molecule has 17 heavy (non-hydrogen) atoms. The first-order chi connectivity index (χ1) is 8.28. The topological polar surface area (TPSA) is 44.4 Å². The molecular weight excluding hydrogens is 214 g/mol. The van der Waals surface area contributed by atoms with Crippen LogP contribution in [-0.2, 0) is 4.79 Å². The fourth-order valence-electron chi connectivity index (χ4n) is 2.48. The quantitative estimate of drug-likeness (QED) is 0.707. The Balaban J connectivity index is 1.58. The molecule has 2 rings (SSSR count). The zero-order valence-electron chi connectivity index (χ0n) is 10.9. The molecule has 0 bridgehead atoms. The molecule has 4 nitrogen and oxygen atoms in total. The number of nitrogens with zero attached hydrogens (tertiary/aromatic N) is 1. The molecule has 4 heteroatoms. The number of likely N-dealkylation sites (tertiary alicyclic amines) is 1. The van der Waals surface area contributed by atoms with Crippen molar-refractivity contribution in [3.63, 3.8) is 0 Å². The summed E-state index contributed by atoms with van der Waals surface area (Å²) in [6, 6.07) is 0. The van der Waals surface area contributed by atoms with Gasteiger partial charge in [-0.3, -0.25) is 9.69 Å². The van der Waals surface area contributed by atoms with Crippen LogP contribution in [0, 0.1) is 11.8 Å². The van der Waals surface area contributed by atoms with Crippen LogP contribution in [0.2, 0.25) is 0 Å². The molecule has 0 atom stereocenters. The molecule has 0 radical (unpaired) electrons. The number of hydrogen-bond acceptors (Lipinski definition) is 3. The smallest absolute Gasteiger partial charge is 0.234 e. The van der Waals surface area contributed by atoms with Crippen LogP contribution in [0.4, 0.5) is 0 Å². The number of amides is 1. The second kappa shape index (κ2) is 6.36. The van der Waals surface area contributed by atoms with Crippen LogP contribution >= 0.6 is 0 Å². The summed E-state index contributed by atoms with van der Waals surface area (Å²) in [4.78, 5) is 14.0. The highest BCUT2D eigenvalue weighted by molar-refractivity contribution is 5.78. The van der Waals surface area contributed by atoms with Crippen molar-refractivity contribution in [3.05, 3.63) is 0 Å². The van der Waals surface area contributed by atoms with Crippen LogP contribution < -0.4 is 10.6 Å². The minimum Gasteiger partial charge on any atom is -0.355 e. The molecule has 1 aliphatic carbocycles. The summed E-state index contributed by atoms with van der Waals surface area (Å²) in [5.41, 5.74) is 0. The number of carbonyl (C=O) groups is 1. The lowest BCUT2D eigenvalue weighted by molar-refractivity contribution is -0.122. The van der Waals surface area contributed by atoms with Crippen molar-refractivity contribution in [2.75, 3.05) is 39.8 Å². The van der Waals surface area contributed by atoms with E-state index in [1.54, 1.807) is 0 Å². The van der Waals surface area contributed by atoms with Gasteiger partial charge in [0, 0.05) is 6.54 Å². The fraction of sp³-hybridized carbons (Fsp3) is 0.923. The molecule has 0 aromatic carbocycles. The number of hydrogen-bond donors (Lipinski definition) is 2. The zero-order chi connectivity index (χ0) is 12.1. The van der Waals surface area contributed by atoms with Gasteiger partial charge in [0.25, 0.3) is 0 Å². The molecular formula is C13H25N3O. The van der Waals surface area contributed by atoms with E-state index in [9.17, 15) is 4.79 Å². The summed E-state index contributed by atoms with van der Waals surface area (Å²) in [5, 5.41) is 6.27. The summed E-state index contributed by atoms with van der Waals surface area (Å²) in [7, 11) is 2.01. The summed E-state index contributed by atoms with van der Waals surface area (Å²) >= 11 is 0. The van der Waals surface area contributed by atoms with Gasteiger partial charge in [-0.25, -0.2) is 0 Å². The average Bonchev–Trinajstić information content (AvgIpc) is 3.13. The maximum Gasteiger partial charge on any atom is 0.234 e. The molecule has 1 saturated carbocycles. The third-order valence-electron chi connectivity index (χ3n) is 3.85. The minimum atomic E-state index is 0.212. The summed E-state index contributed by atoms with van der Waals surface area (Å²) < 4.78 is 0. The highest BCUT2D eigenvalue weighted by Crippen LogP contribution is 2.27. The fourth-order valence-corrected chi connectivity index (χ4v) is 2.48. The predicted molar refractivity (Wildman–Crippen MR) is 68.8 cm³/mol. The van der Waals surface area contributed by atoms with Crippen molar-refractivity contribution in [2.45, 2.75) is 25.7 Å².